The smallest absolute Gasteiger partial charge is 0.298 e. The van der Waals surface area contributed by atoms with Crippen LogP contribution in [0.4, 0.5) is 8.78 Å². The van der Waals surface area contributed by atoms with Crippen LogP contribution in [0, 0.1) is 0 Å². The van der Waals surface area contributed by atoms with E-state index in [4.69, 9.17) is 23.2 Å². The summed E-state index contributed by atoms with van der Waals surface area (Å²) in [5.74, 6) is 0. The average molecular weight is 336 g/mol. The van der Waals surface area contributed by atoms with Gasteiger partial charge in [0.2, 0.25) is 0 Å². The van der Waals surface area contributed by atoms with Crippen molar-refractivity contribution in [1.29, 1.82) is 0 Å². The van der Waals surface area contributed by atoms with Crippen molar-refractivity contribution < 1.29 is 8.78 Å². The highest BCUT2D eigenvalue weighted by molar-refractivity contribution is 7.07. The molecule has 2 aromatic rings. The maximum absolute atomic E-state index is 12.0. The summed E-state index contributed by atoms with van der Waals surface area (Å²) in [6.45, 7) is 0.175. The number of allylic oxidation sites excluding steroid dienone is 1. The lowest BCUT2D eigenvalue weighted by Gasteiger charge is -2.08. The Morgan fingerprint density at radius 2 is 2.10 bits per heavy atom. The first-order chi connectivity index (χ1) is 9.49. The standard InChI is InChI=1S/C13H9Cl2F2NOS/c14-8-3-4-9(10(15)6-8)11-7-20-13(19)18(11)5-1-2-12(16)17/h2-4,6-7H,1,5H2. The quantitative estimate of drug-likeness (QED) is 0.765. The van der Waals surface area contributed by atoms with Crippen LogP contribution in [-0.2, 0) is 6.54 Å². The minimum atomic E-state index is -1.75. The van der Waals surface area contributed by atoms with E-state index in [-0.39, 0.29) is 17.8 Å². The number of thiazole rings is 1. The Hall–Kier alpha value is -1.17. The largest absolute Gasteiger partial charge is 0.307 e. The molecule has 0 amide bonds. The van der Waals surface area contributed by atoms with Crippen molar-refractivity contribution in [2.45, 2.75) is 13.0 Å². The molecule has 1 aromatic heterocycles. The van der Waals surface area contributed by atoms with E-state index in [1.165, 1.54) is 4.57 Å². The number of benzene rings is 1. The Labute approximate surface area is 127 Å². The van der Waals surface area contributed by atoms with Gasteiger partial charge in [-0.15, -0.1) is 0 Å². The molecule has 0 unspecified atom stereocenters. The summed E-state index contributed by atoms with van der Waals surface area (Å²) in [6, 6.07) is 4.94. The van der Waals surface area contributed by atoms with Gasteiger partial charge in [-0.05, 0) is 30.7 Å². The first kappa shape index (κ1) is 15.2. The van der Waals surface area contributed by atoms with Crippen LogP contribution in [0.1, 0.15) is 6.42 Å². The summed E-state index contributed by atoms with van der Waals surface area (Å²) in [7, 11) is 0. The minimum Gasteiger partial charge on any atom is -0.298 e. The summed E-state index contributed by atoms with van der Waals surface area (Å²) in [5.41, 5.74) is 1.26. The average Bonchev–Trinajstić information content (AvgIpc) is 2.71. The van der Waals surface area contributed by atoms with Crippen LogP contribution in [0.5, 0.6) is 0 Å². The third kappa shape index (κ3) is 3.48. The van der Waals surface area contributed by atoms with Gasteiger partial charge < -0.3 is 0 Å². The fraction of sp³-hybridized carbons (Fsp3) is 0.154. The van der Waals surface area contributed by atoms with Crippen LogP contribution >= 0.6 is 34.5 Å². The van der Waals surface area contributed by atoms with Crippen molar-refractivity contribution in [3.05, 3.63) is 55.4 Å². The molecule has 2 rings (SSSR count). The predicted octanol–water partition coefficient (Wildman–Crippen LogP) is 5.05. The first-order valence-corrected chi connectivity index (χ1v) is 7.27. The molecule has 0 aliphatic rings. The van der Waals surface area contributed by atoms with E-state index >= 15 is 0 Å². The topological polar surface area (TPSA) is 22.0 Å². The predicted molar refractivity (Wildman–Crippen MR) is 79.0 cm³/mol. The fourth-order valence-electron chi connectivity index (χ4n) is 1.75. The summed E-state index contributed by atoms with van der Waals surface area (Å²) in [6.07, 6.45) is -0.881. The minimum absolute atomic E-state index is 0.0805. The zero-order valence-corrected chi connectivity index (χ0v) is 12.4. The highest BCUT2D eigenvalue weighted by Gasteiger charge is 2.12. The number of nitrogens with zero attached hydrogens (tertiary/aromatic N) is 1. The lowest BCUT2D eigenvalue weighted by atomic mass is 10.1. The molecular weight excluding hydrogens is 327 g/mol. The zero-order chi connectivity index (χ0) is 14.7. The van der Waals surface area contributed by atoms with Gasteiger partial charge >= 0.3 is 4.87 Å². The Morgan fingerprint density at radius 3 is 2.75 bits per heavy atom. The first-order valence-electron chi connectivity index (χ1n) is 5.64. The number of halogens is 4. The summed E-state index contributed by atoms with van der Waals surface area (Å²) >= 11 is 12.9. The van der Waals surface area contributed by atoms with Gasteiger partial charge in [-0.25, -0.2) is 0 Å². The van der Waals surface area contributed by atoms with Gasteiger partial charge in [-0.3, -0.25) is 9.36 Å². The molecule has 7 heteroatoms. The molecule has 1 aromatic carbocycles. The van der Waals surface area contributed by atoms with Crippen molar-refractivity contribution in [1.82, 2.24) is 4.57 Å². The molecule has 0 saturated heterocycles. The molecule has 0 N–H and O–H groups in total. The van der Waals surface area contributed by atoms with Gasteiger partial charge in [0, 0.05) is 22.5 Å². The Bertz CT molecular complexity index is 705. The van der Waals surface area contributed by atoms with E-state index in [1.54, 1.807) is 23.6 Å². The molecule has 0 aliphatic carbocycles. The van der Waals surface area contributed by atoms with E-state index in [1.807, 2.05) is 0 Å². The van der Waals surface area contributed by atoms with Gasteiger partial charge in [-0.1, -0.05) is 34.5 Å². The van der Waals surface area contributed by atoms with Crippen LogP contribution in [0.3, 0.4) is 0 Å². The Balaban J connectivity index is 2.38. The van der Waals surface area contributed by atoms with Crippen molar-refractivity contribution in [2.75, 3.05) is 0 Å². The molecule has 0 fully saturated rings. The molecule has 2 nitrogen and oxygen atoms in total. The second kappa shape index (κ2) is 6.52. The van der Waals surface area contributed by atoms with E-state index in [2.05, 4.69) is 0 Å². The maximum Gasteiger partial charge on any atom is 0.307 e. The second-order valence-corrected chi connectivity index (χ2v) is 5.61. The third-order valence-corrected chi connectivity index (χ3v) is 3.95. The molecule has 0 atom stereocenters. The Kier molecular flexibility index (Phi) is 4.96. The number of hydrogen-bond donors (Lipinski definition) is 0. The number of rotatable bonds is 4. The van der Waals surface area contributed by atoms with Gasteiger partial charge in [0.25, 0.3) is 6.08 Å². The van der Waals surface area contributed by atoms with Gasteiger partial charge in [0.1, 0.15) is 0 Å². The van der Waals surface area contributed by atoms with Crippen molar-refractivity contribution in [3.63, 3.8) is 0 Å². The van der Waals surface area contributed by atoms with E-state index in [9.17, 15) is 13.6 Å². The number of aromatic nitrogens is 1. The van der Waals surface area contributed by atoms with Crippen molar-refractivity contribution >= 4 is 34.5 Å². The lowest BCUT2D eigenvalue weighted by Crippen LogP contribution is -2.14. The van der Waals surface area contributed by atoms with Gasteiger partial charge in [0.15, 0.2) is 0 Å². The summed E-state index contributed by atoms with van der Waals surface area (Å²) < 4.78 is 25.5. The molecule has 106 valence electrons. The summed E-state index contributed by atoms with van der Waals surface area (Å²) in [5, 5.41) is 2.56. The Morgan fingerprint density at radius 1 is 1.35 bits per heavy atom. The zero-order valence-electron chi connectivity index (χ0n) is 10.1. The van der Waals surface area contributed by atoms with E-state index in [0.717, 1.165) is 17.4 Å². The van der Waals surface area contributed by atoms with Crippen LogP contribution in [0.2, 0.25) is 10.0 Å². The number of hydrogen-bond acceptors (Lipinski definition) is 2. The van der Waals surface area contributed by atoms with E-state index in [0.29, 0.717) is 21.3 Å². The molecular formula is C13H9Cl2F2NOS. The van der Waals surface area contributed by atoms with Gasteiger partial charge in [-0.2, -0.15) is 8.78 Å². The van der Waals surface area contributed by atoms with Crippen molar-refractivity contribution in [3.8, 4) is 11.3 Å². The molecule has 0 saturated carbocycles. The molecule has 0 bridgehead atoms. The summed E-state index contributed by atoms with van der Waals surface area (Å²) in [4.78, 5) is 11.6. The fourth-order valence-corrected chi connectivity index (χ4v) is 3.04. The van der Waals surface area contributed by atoms with E-state index < -0.39 is 6.08 Å². The molecule has 0 aliphatic heterocycles. The van der Waals surface area contributed by atoms with Crippen LogP contribution < -0.4 is 4.87 Å². The molecule has 0 radical (unpaired) electrons. The van der Waals surface area contributed by atoms with Crippen LogP contribution in [-0.4, -0.2) is 4.57 Å². The normalized spacial score (nSPS) is 10.6. The maximum atomic E-state index is 12.0. The highest BCUT2D eigenvalue weighted by Crippen LogP contribution is 2.30. The molecule has 1 heterocycles. The third-order valence-electron chi connectivity index (χ3n) is 2.64. The van der Waals surface area contributed by atoms with Crippen LogP contribution in [0.15, 0.2) is 40.5 Å². The molecule has 20 heavy (non-hydrogen) atoms. The highest BCUT2D eigenvalue weighted by atomic mass is 35.5. The van der Waals surface area contributed by atoms with Crippen LogP contribution in [0.25, 0.3) is 11.3 Å². The SMILES string of the molecule is O=c1scc(-c2ccc(Cl)cc2Cl)n1CCC=C(F)F. The van der Waals surface area contributed by atoms with Crippen molar-refractivity contribution in [2.24, 2.45) is 0 Å². The monoisotopic (exact) mass is 335 g/mol. The molecule has 0 spiro atoms. The lowest BCUT2D eigenvalue weighted by molar-refractivity contribution is 0.416. The van der Waals surface area contributed by atoms with Gasteiger partial charge in [0.05, 0.1) is 10.7 Å². The second-order valence-electron chi connectivity index (χ2n) is 3.95.